The number of para-hydroxylation sites is 2. The van der Waals surface area contributed by atoms with Crippen molar-refractivity contribution in [1.82, 2.24) is 4.90 Å². The normalized spacial score (nSPS) is 30.8. The van der Waals surface area contributed by atoms with Gasteiger partial charge in [-0.05, 0) is 49.9 Å². The molecule has 4 heterocycles. The number of rotatable bonds is 6. The topological polar surface area (TPSA) is 90.4 Å². The van der Waals surface area contributed by atoms with Gasteiger partial charge in [0.2, 0.25) is 11.8 Å². The van der Waals surface area contributed by atoms with E-state index < -0.39 is 35.1 Å². The Morgan fingerprint density at radius 3 is 2.30 bits per heavy atom. The van der Waals surface area contributed by atoms with Crippen LogP contribution >= 0.6 is 11.6 Å². The van der Waals surface area contributed by atoms with Crippen molar-refractivity contribution in [3.05, 3.63) is 83.4 Å². The number of hydrogen-bond acceptors (Lipinski definition) is 5. The number of carbonyl (C=O) groups is 3. The zero-order valence-electron chi connectivity index (χ0n) is 24.9. The third-order valence-electron chi connectivity index (χ3n) is 9.37. The number of aryl methyl sites for hydroxylation is 1. The van der Waals surface area contributed by atoms with Crippen LogP contribution in [0.2, 0.25) is 5.02 Å². The van der Waals surface area contributed by atoms with Crippen molar-refractivity contribution in [2.24, 2.45) is 17.8 Å². The lowest BCUT2D eigenvalue weighted by molar-refractivity contribution is -0.148. The van der Waals surface area contributed by atoms with Gasteiger partial charge in [-0.1, -0.05) is 80.1 Å². The highest BCUT2D eigenvalue weighted by molar-refractivity contribution is 6.34. The molecular formula is C34H38ClN3O5. The van der Waals surface area contributed by atoms with E-state index in [2.05, 4.69) is 0 Å². The van der Waals surface area contributed by atoms with E-state index in [1.807, 2.05) is 94.5 Å². The van der Waals surface area contributed by atoms with Gasteiger partial charge in [-0.2, -0.15) is 0 Å². The van der Waals surface area contributed by atoms with E-state index in [-0.39, 0.29) is 36.8 Å². The van der Waals surface area contributed by atoms with Crippen LogP contribution in [-0.4, -0.2) is 70.7 Å². The lowest BCUT2D eigenvalue weighted by Crippen LogP contribution is -2.59. The maximum absolute atomic E-state index is 14.8. The number of benzene rings is 2. The SMILES string of the molecule is Cc1cccc(Cl)c1N1CC=C[C@]23O[C@@]4(C)C=CCN(c5ccccc5)C(=O)[C@H]4[C@H]2C(=O)N([C@@H](CO)CC(C)C)C3C1=O. The van der Waals surface area contributed by atoms with Gasteiger partial charge in [-0.3, -0.25) is 14.4 Å². The lowest BCUT2D eigenvalue weighted by Gasteiger charge is -2.40. The summed E-state index contributed by atoms with van der Waals surface area (Å²) in [6.07, 6.45) is 7.92. The molecule has 1 unspecified atom stereocenters. The molecule has 2 aromatic carbocycles. The summed E-state index contributed by atoms with van der Waals surface area (Å²) >= 11 is 6.66. The van der Waals surface area contributed by atoms with Crippen LogP contribution in [0.5, 0.6) is 0 Å². The van der Waals surface area contributed by atoms with Crippen molar-refractivity contribution in [3.63, 3.8) is 0 Å². The fraction of sp³-hybridized carbons (Fsp3) is 0.441. The number of amides is 3. The molecule has 8 nitrogen and oxygen atoms in total. The second kappa shape index (κ2) is 10.9. The minimum Gasteiger partial charge on any atom is -0.394 e. The van der Waals surface area contributed by atoms with Crippen molar-refractivity contribution in [2.75, 3.05) is 29.5 Å². The number of likely N-dealkylation sites (tertiary alicyclic amines) is 1. The summed E-state index contributed by atoms with van der Waals surface area (Å²) in [5.74, 6) is -2.67. The Balaban J connectivity index is 1.52. The second-order valence-corrected chi connectivity index (χ2v) is 13.1. The predicted molar refractivity (Wildman–Crippen MR) is 166 cm³/mol. The molecule has 6 rings (SSSR count). The quantitative estimate of drug-likeness (QED) is 0.490. The summed E-state index contributed by atoms with van der Waals surface area (Å²) in [6.45, 7) is 7.98. The highest BCUT2D eigenvalue weighted by Crippen LogP contribution is 2.58. The lowest BCUT2D eigenvalue weighted by atomic mass is 9.74. The van der Waals surface area contributed by atoms with Crippen molar-refractivity contribution in [1.29, 1.82) is 0 Å². The zero-order chi connectivity index (χ0) is 30.7. The number of aliphatic hydroxyl groups is 1. The molecule has 4 aliphatic rings. The monoisotopic (exact) mass is 603 g/mol. The summed E-state index contributed by atoms with van der Waals surface area (Å²) < 4.78 is 6.95. The van der Waals surface area contributed by atoms with Crippen LogP contribution in [-0.2, 0) is 19.1 Å². The van der Waals surface area contributed by atoms with E-state index in [1.54, 1.807) is 15.9 Å². The zero-order valence-corrected chi connectivity index (χ0v) is 25.7. The average Bonchev–Trinajstić information content (AvgIpc) is 3.24. The Kier molecular flexibility index (Phi) is 7.51. The Bertz CT molecular complexity index is 1490. The van der Waals surface area contributed by atoms with Crippen LogP contribution in [0.15, 0.2) is 72.8 Å². The fourth-order valence-corrected chi connectivity index (χ4v) is 8.00. The number of ether oxygens (including phenoxy) is 1. The molecule has 4 aliphatic heterocycles. The van der Waals surface area contributed by atoms with Crippen LogP contribution in [0.25, 0.3) is 0 Å². The van der Waals surface area contributed by atoms with E-state index >= 15 is 0 Å². The van der Waals surface area contributed by atoms with Gasteiger partial charge in [0.05, 0.1) is 40.8 Å². The number of aliphatic hydroxyl groups excluding tert-OH is 1. The maximum Gasteiger partial charge on any atom is 0.253 e. The van der Waals surface area contributed by atoms with Gasteiger partial charge in [-0.15, -0.1) is 0 Å². The van der Waals surface area contributed by atoms with E-state index in [0.29, 0.717) is 23.7 Å². The molecule has 2 fully saturated rings. The van der Waals surface area contributed by atoms with E-state index in [1.165, 1.54) is 4.90 Å². The third kappa shape index (κ3) is 4.53. The minimum absolute atomic E-state index is 0.141. The van der Waals surface area contributed by atoms with Crippen molar-refractivity contribution >= 4 is 40.7 Å². The Morgan fingerprint density at radius 2 is 1.63 bits per heavy atom. The number of halogens is 1. The summed E-state index contributed by atoms with van der Waals surface area (Å²) in [6, 6.07) is 13.1. The Morgan fingerprint density at radius 1 is 0.930 bits per heavy atom. The summed E-state index contributed by atoms with van der Waals surface area (Å²) in [7, 11) is 0. The third-order valence-corrected chi connectivity index (χ3v) is 9.67. The van der Waals surface area contributed by atoms with Gasteiger partial charge in [0.1, 0.15) is 11.6 Å². The smallest absolute Gasteiger partial charge is 0.253 e. The largest absolute Gasteiger partial charge is 0.394 e. The fourth-order valence-electron chi connectivity index (χ4n) is 7.68. The number of nitrogens with zero attached hydrogens (tertiary/aromatic N) is 3. The first-order valence-electron chi connectivity index (χ1n) is 15.0. The van der Waals surface area contributed by atoms with Crippen LogP contribution < -0.4 is 9.80 Å². The van der Waals surface area contributed by atoms with Crippen LogP contribution in [0.4, 0.5) is 11.4 Å². The Hall–Kier alpha value is -3.46. The molecule has 0 bridgehead atoms. The number of carbonyl (C=O) groups excluding carboxylic acids is 3. The highest BCUT2D eigenvalue weighted by Gasteiger charge is 2.75. The van der Waals surface area contributed by atoms with Gasteiger partial charge in [0.25, 0.3) is 5.91 Å². The molecule has 43 heavy (non-hydrogen) atoms. The Labute approximate surface area is 257 Å². The van der Waals surface area contributed by atoms with Gasteiger partial charge in [0, 0.05) is 18.8 Å². The summed E-state index contributed by atoms with van der Waals surface area (Å²) in [5, 5.41) is 11.0. The number of hydrogen-bond donors (Lipinski definition) is 1. The first-order valence-corrected chi connectivity index (χ1v) is 15.3. The molecular weight excluding hydrogens is 566 g/mol. The van der Waals surface area contributed by atoms with Crippen LogP contribution in [0, 0.1) is 24.7 Å². The molecule has 0 aliphatic carbocycles. The van der Waals surface area contributed by atoms with Gasteiger partial charge in [0.15, 0.2) is 0 Å². The van der Waals surface area contributed by atoms with Gasteiger partial charge in [-0.25, -0.2) is 0 Å². The van der Waals surface area contributed by atoms with Crippen molar-refractivity contribution in [3.8, 4) is 0 Å². The number of fused-ring (bicyclic) bond motifs is 2. The average molecular weight is 604 g/mol. The van der Waals surface area contributed by atoms with E-state index in [0.717, 1.165) is 11.3 Å². The first kappa shape index (κ1) is 29.6. The standard InChI is InChI=1S/C34H38ClN3O5/c1-21(2)19-24(20-39)38-29-32(42)37(28-22(3)11-8-14-25(28)35)18-10-16-34(29)27(31(38)41)26-30(40)36(23-12-6-5-7-13-23)17-9-15-33(26,4)43-34/h5-16,21,24,26-27,29,39H,17-20H2,1-4H3/t24-,26-,27+,29?,33+,34+/m1/s1. The molecule has 1 N–H and O–H groups in total. The summed E-state index contributed by atoms with van der Waals surface area (Å²) in [5.41, 5.74) is -0.456. The summed E-state index contributed by atoms with van der Waals surface area (Å²) in [4.78, 5) is 48.9. The molecule has 2 saturated heterocycles. The molecule has 0 aromatic heterocycles. The molecule has 2 aromatic rings. The van der Waals surface area contributed by atoms with Crippen LogP contribution in [0.3, 0.4) is 0 Å². The molecule has 1 spiro atoms. The molecule has 226 valence electrons. The highest BCUT2D eigenvalue weighted by atomic mass is 35.5. The van der Waals surface area contributed by atoms with Crippen molar-refractivity contribution in [2.45, 2.75) is 57.4 Å². The molecule has 0 radical (unpaired) electrons. The maximum atomic E-state index is 14.8. The first-order chi connectivity index (χ1) is 20.5. The van der Waals surface area contributed by atoms with Crippen LogP contribution in [0.1, 0.15) is 32.8 Å². The van der Waals surface area contributed by atoms with E-state index in [4.69, 9.17) is 16.3 Å². The van der Waals surface area contributed by atoms with Crippen molar-refractivity contribution < 1.29 is 24.2 Å². The van der Waals surface area contributed by atoms with Gasteiger partial charge >= 0.3 is 0 Å². The molecule has 9 heteroatoms. The molecule has 0 saturated carbocycles. The van der Waals surface area contributed by atoms with Gasteiger partial charge < -0.3 is 24.5 Å². The number of anilines is 2. The molecule has 6 atom stereocenters. The molecule has 3 amide bonds. The predicted octanol–water partition coefficient (Wildman–Crippen LogP) is 4.53. The second-order valence-electron chi connectivity index (χ2n) is 12.7. The van der Waals surface area contributed by atoms with E-state index in [9.17, 15) is 19.5 Å². The minimum atomic E-state index is -1.43.